The fourth-order valence-electron chi connectivity index (χ4n) is 3.17. The Morgan fingerprint density at radius 3 is 3.12 bits per heavy atom. The zero-order chi connectivity index (χ0) is 17.4. The summed E-state index contributed by atoms with van der Waals surface area (Å²) in [7, 11) is 0. The maximum Gasteiger partial charge on any atom is 0.243 e. The monoisotopic (exact) mass is 339 g/mol. The summed E-state index contributed by atoms with van der Waals surface area (Å²) < 4.78 is 3.57. The number of imidazole rings is 1. The fraction of sp³-hybridized carbons (Fsp3) is 0.312. The number of aromatic nitrogens is 5. The van der Waals surface area contributed by atoms with Crippen LogP contribution in [0, 0.1) is 0 Å². The summed E-state index contributed by atoms with van der Waals surface area (Å²) in [5, 5.41) is 2.92. The molecule has 0 aromatic carbocycles. The first-order valence-corrected chi connectivity index (χ1v) is 8.04. The second kappa shape index (κ2) is 6.00. The van der Waals surface area contributed by atoms with Gasteiger partial charge in [-0.3, -0.25) is 9.59 Å². The third-order valence-corrected chi connectivity index (χ3v) is 4.43. The minimum Gasteiger partial charge on any atom is -0.382 e. The molecule has 0 spiro atoms. The van der Waals surface area contributed by atoms with Crippen LogP contribution in [-0.2, 0) is 11.3 Å². The van der Waals surface area contributed by atoms with E-state index in [1.54, 1.807) is 29.2 Å². The van der Waals surface area contributed by atoms with Crippen LogP contribution < -0.4 is 11.1 Å². The Balaban J connectivity index is 1.42. The molecule has 0 fully saturated rings. The van der Waals surface area contributed by atoms with Crippen molar-refractivity contribution in [3.63, 3.8) is 0 Å². The zero-order valence-electron chi connectivity index (χ0n) is 13.4. The zero-order valence-corrected chi connectivity index (χ0v) is 13.4. The van der Waals surface area contributed by atoms with Crippen LogP contribution >= 0.6 is 0 Å². The Bertz CT molecular complexity index is 958. The van der Waals surface area contributed by atoms with Crippen LogP contribution in [-0.4, -0.2) is 42.3 Å². The van der Waals surface area contributed by atoms with Gasteiger partial charge in [0.2, 0.25) is 5.91 Å². The predicted octanol–water partition coefficient (Wildman–Crippen LogP) is 0.544. The summed E-state index contributed by atoms with van der Waals surface area (Å²) >= 11 is 0. The number of hydrogen-bond acceptors (Lipinski definition) is 6. The standard InChI is InChI=1S/C16H17N7O2/c17-14-13-15(20-8-19-14)22(9-21-13)7-5-18-16(25)11-3-4-12(24)10-2-1-6-23(10)11/h1-2,6,8-9,11H,3-5,7H2,(H,18,25)(H2,17,19,20). The van der Waals surface area contributed by atoms with E-state index in [0.29, 0.717) is 48.6 Å². The Hall–Kier alpha value is -3.23. The highest BCUT2D eigenvalue weighted by molar-refractivity contribution is 5.97. The lowest BCUT2D eigenvalue weighted by molar-refractivity contribution is -0.124. The number of nitrogens with one attached hydrogen (secondary N) is 1. The van der Waals surface area contributed by atoms with Crippen molar-refractivity contribution < 1.29 is 9.59 Å². The highest BCUT2D eigenvalue weighted by Gasteiger charge is 2.29. The summed E-state index contributed by atoms with van der Waals surface area (Å²) in [5.41, 5.74) is 7.55. The minimum atomic E-state index is -0.347. The first kappa shape index (κ1) is 15.3. The molecule has 3 N–H and O–H groups in total. The number of nitrogen functional groups attached to an aromatic ring is 1. The SMILES string of the molecule is Nc1ncnc2c1ncn2CCNC(=O)C1CCC(=O)c2cccn21. The van der Waals surface area contributed by atoms with Gasteiger partial charge < -0.3 is 20.2 Å². The number of rotatable bonds is 4. The number of carbonyl (C=O) groups is 2. The first-order valence-electron chi connectivity index (χ1n) is 8.04. The average Bonchev–Trinajstić information content (AvgIpc) is 3.24. The maximum absolute atomic E-state index is 12.5. The summed E-state index contributed by atoms with van der Waals surface area (Å²) in [6.45, 7) is 0.943. The van der Waals surface area contributed by atoms with E-state index in [1.807, 2.05) is 4.57 Å². The lowest BCUT2D eigenvalue weighted by Gasteiger charge is -2.24. The first-order chi connectivity index (χ1) is 12.1. The Labute approximate surface area is 142 Å². The van der Waals surface area contributed by atoms with E-state index in [2.05, 4.69) is 20.3 Å². The lowest BCUT2D eigenvalue weighted by atomic mass is 10.0. The topological polar surface area (TPSA) is 121 Å². The molecular formula is C16H17N7O2. The quantitative estimate of drug-likeness (QED) is 0.716. The summed E-state index contributed by atoms with van der Waals surface area (Å²) in [6.07, 6.45) is 5.71. The van der Waals surface area contributed by atoms with E-state index >= 15 is 0 Å². The van der Waals surface area contributed by atoms with E-state index in [0.717, 1.165) is 0 Å². The van der Waals surface area contributed by atoms with E-state index in [4.69, 9.17) is 5.73 Å². The van der Waals surface area contributed by atoms with Crippen molar-refractivity contribution in [2.75, 3.05) is 12.3 Å². The predicted molar refractivity (Wildman–Crippen MR) is 89.8 cm³/mol. The number of carbonyl (C=O) groups excluding carboxylic acids is 2. The summed E-state index contributed by atoms with van der Waals surface area (Å²) in [6, 6.07) is 3.20. The van der Waals surface area contributed by atoms with Gasteiger partial charge in [0.25, 0.3) is 0 Å². The average molecular weight is 339 g/mol. The second-order valence-corrected chi connectivity index (χ2v) is 5.94. The third-order valence-electron chi connectivity index (χ3n) is 4.43. The molecule has 25 heavy (non-hydrogen) atoms. The molecule has 1 aliphatic heterocycles. The van der Waals surface area contributed by atoms with Crippen LogP contribution in [0.3, 0.4) is 0 Å². The minimum absolute atomic E-state index is 0.0798. The van der Waals surface area contributed by atoms with Crippen molar-refractivity contribution in [1.29, 1.82) is 0 Å². The molecule has 1 unspecified atom stereocenters. The molecule has 128 valence electrons. The molecule has 4 rings (SSSR count). The van der Waals surface area contributed by atoms with Crippen LogP contribution in [0.5, 0.6) is 0 Å². The van der Waals surface area contributed by atoms with Crippen molar-refractivity contribution in [3.8, 4) is 0 Å². The van der Waals surface area contributed by atoms with Crippen molar-refractivity contribution >= 4 is 28.7 Å². The van der Waals surface area contributed by atoms with Gasteiger partial charge in [0.05, 0.1) is 12.0 Å². The number of nitrogens with zero attached hydrogens (tertiary/aromatic N) is 5. The van der Waals surface area contributed by atoms with Gasteiger partial charge in [-0.05, 0) is 18.6 Å². The normalized spacial score (nSPS) is 16.8. The van der Waals surface area contributed by atoms with E-state index in [1.165, 1.54) is 6.33 Å². The molecule has 1 aliphatic rings. The second-order valence-electron chi connectivity index (χ2n) is 5.94. The number of fused-ring (bicyclic) bond motifs is 2. The number of ketones is 1. The van der Waals surface area contributed by atoms with Gasteiger partial charge in [-0.2, -0.15) is 0 Å². The molecule has 1 atom stereocenters. The van der Waals surface area contributed by atoms with Crippen LogP contribution in [0.2, 0.25) is 0 Å². The smallest absolute Gasteiger partial charge is 0.243 e. The molecule has 9 heteroatoms. The summed E-state index contributed by atoms with van der Waals surface area (Å²) in [4.78, 5) is 36.6. The van der Waals surface area contributed by atoms with E-state index < -0.39 is 0 Å². The van der Waals surface area contributed by atoms with Gasteiger partial charge in [0.15, 0.2) is 17.2 Å². The van der Waals surface area contributed by atoms with Crippen LogP contribution in [0.25, 0.3) is 11.2 Å². The molecule has 0 aliphatic carbocycles. The van der Waals surface area contributed by atoms with Crippen molar-refractivity contribution in [2.24, 2.45) is 0 Å². The highest BCUT2D eigenvalue weighted by atomic mass is 16.2. The molecule has 0 radical (unpaired) electrons. The number of nitrogens with two attached hydrogens (primary N) is 1. The molecular weight excluding hydrogens is 322 g/mol. The van der Waals surface area contributed by atoms with Crippen LogP contribution in [0.15, 0.2) is 31.0 Å². The Kier molecular flexibility index (Phi) is 3.68. The van der Waals surface area contributed by atoms with E-state index in [9.17, 15) is 9.59 Å². The number of hydrogen-bond donors (Lipinski definition) is 2. The molecule has 0 saturated carbocycles. The molecule has 4 heterocycles. The van der Waals surface area contributed by atoms with Crippen LogP contribution in [0.4, 0.5) is 5.82 Å². The molecule has 0 bridgehead atoms. The lowest BCUT2D eigenvalue weighted by Crippen LogP contribution is -2.37. The molecule has 0 saturated heterocycles. The van der Waals surface area contributed by atoms with Gasteiger partial charge in [-0.1, -0.05) is 0 Å². The van der Waals surface area contributed by atoms with Gasteiger partial charge in [-0.25, -0.2) is 15.0 Å². The van der Waals surface area contributed by atoms with Gasteiger partial charge in [-0.15, -0.1) is 0 Å². The van der Waals surface area contributed by atoms with Gasteiger partial charge >= 0.3 is 0 Å². The maximum atomic E-state index is 12.5. The number of amides is 1. The highest BCUT2D eigenvalue weighted by Crippen LogP contribution is 2.25. The van der Waals surface area contributed by atoms with Crippen molar-refractivity contribution in [3.05, 3.63) is 36.7 Å². The molecule has 3 aromatic rings. The van der Waals surface area contributed by atoms with E-state index in [-0.39, 0.29) is 17.7 Å². The van der Waals surface area contributed by atoms with Crippen molar-refractivity contribution in [1.82, 2.24) is 29.4 Å². The van der Waals surface area contributed by atoms with Gasteiger partial charge in [0, 0.05) is 25.7 Å². The molecule has 3 aromatic heterocycles. The molecule has 1 amide bonds. The van der Waals surface area contributed by atoms with Crippen molar-refractivity contribution in [2.45, 2.75) is 25.4 Å². The Morgan fingerprint density at radius 1 is 1.36 bits per heavy atom. The fourth-order valence-corrected chi connectivity index (χ4v) is 3.17. The molecule has 9 nitrogen and oxygen atoms in total. The number of anilines is 1. The third kappa shape index (κ3) is 2.63. The van der Waals surface area contributed by atoms with Gasteiger partial charge in [0.1, 0.15) is 17.9 Å². The van der Waals surface area contributed by atoms with Crippen LogP contribution in [0.1, 0.15) is 29.4 Å². The number of Topliss-reactive ketones (excluding diaryl/α,β-unsaturated/α-hetero) is 1. The summed E-state index contributed by atoms with van der Waals surface area (Å²) in [5.74, 6) is 0.319. The largest absolute Gasteiger partial charge is 0.382 e. The Morgan fingerprint density at radius 2 is 2.24 bits per heavy atom.